The number of ether oxygens (including phenoxy) is 5. The van der Waals surface area contributed by atoms with E-state index in [2.05, 4.69) is 9.73 Å². The Labute approximate surface area is 247 Å². The van der Waals surface area contributed by atoms with E-state index in [1.165, 1.54) is 23.0 Å². The second kappa shape index (κ2) is 13.5. The van der Waals surface area contributed by atoms with Gasteiger partial charge in [0.2, 0.25) is 0 Å². The Morgan fingerprint density at radius 1 is 1.07 bits per heavy atom. The van der Waals surface area contributed by atoms with Crippen molar-refractivity contribution in [2.45, 2.75) is 46.8 Å². The van der Waals surface area contributed by atoms with Crippen molar-refractivity contribution in [2.75, 3.05) is 26.9 Å². The minimum Gasteiger partial charge on any atom is -0.491 e. The fourth-order valence-electron chi connectivity index (χ4n) is 4.49. The first-order chi connectivity index (χ1) is 20.2. The molecule has 0 unspecified atom stereocenters. The molecule has 11 heteroatoms. The van der Waals surface area contributed by atoms with Crippen LogP contribution in [0.15, 0.2) is 63.5 Å². The van der Waals surface area contributed by atoms with Crippen LogP contribution in [0.2, 0.25) is 0 Å². The Balaban J connectivity index is 1.87. The Hall–Kier alpha value is -4.38. The highest BCUT2D eigenvalue weighted by atomic mass is 32.1. The van der Waals surface area contributed by atoms with E-state index in [1.807, 2.05) is 45.0 Å². The maximum Gasteiger partial charge on any atom is 0.343 e. The number of nitrogens with zero attached hydrogens (tertiary/aromatic N) is 2. The predicted octanol–water partition coefficient (Wildman–Crippen LogP) is 3.54. The van der Waals surface area contributed by atoms with Gasteiger partial charge in [0.1, 0.15) is 5.75 Å². The standard InChI is InChI=1S/C31H34N2O8S/c1-7-38-24-16-21(12-13-23(24)40-17-26(34)37-6)28-27(30(36)39-8-2)19(5)32-31-33(28)29(35)25(42-31)15-20-10-9-11-22(14-20)41-18(3)4/h9-16,18,28H,7-8,17H2,1-6H3/b25-15+/t28-/m0/s1. The van der Waals surface area contributed by atoms with E-state index in [0.717, 1.165) is 5.56 Å². The number of fused-ring (bicyclic) bond motifs is 1. The zero-order valence-electron chi connectivity index (χ0n) is 24.5. The summed E-state index contributed by atoms with van der Waals surface area (Å²) < 4.78 is 29.2. The first-order valence-electron chi connectivity index (χ1n) is 13.6. The SMILES string of the molecule is CCOC(=O)C1=C(C)N=c2s/c(=C/c3cccc(OC(C)C)c3)c(=O)n2[C@H]1c1ccc(OCC(=O)OC)c(OCC)c1. The molecule has 42 heavy (non-hydrogen) atoms. The summed E-state index contributed by atoms with van der Waals surface area (Å²) >= 11 is 1.23. The summed E-state index contributed by atoms with van der Waals surface area (Å²) in [5, 5.41) is 0. The lowest BCUT2D eigenvalue weighted by molar-refractivity contribution is -0.143. The number of rotatable bonds is 11. The van der Waals surface area contributed by atoms with Gasteiger partial charge in [0, 0.05) is 0 Å². The van der Waals surface area contributed by atoms with E-state index in [4.69, 9.17) is 18.9 Å². The number of esters is 2. The number of allylic oxidation sites excluding steroid dienone is 1. The van der Waals surface area contributed by atoms with Gasteiger partial charge in [-0.1, -0.05) is 29.5 Å². The van der Waals surface area contributed by atoms with Crippen LogP contribution in [-0.4, -0.2) is 49.5 Å². The molecule has 0 radical (unpaired) electrons. The molecule has 2 aromatic carbocycles. The summed E-state index contributed by atoms with van der Waals surface area (Å²) in [5.41, 5.74) is 1.76. The Bertz CT molecular complexity index is 1690. The fourth-order valence-corrected chi connectivity index (χ4v) is 5.53. The predicted molar refractivity (Wildman–Crippen MR) is 158 cm³/mol. The summed E-state index contributed by atoms with van der Waals surface area (Å²) in [6, 6.07) is 11.7. The van der Waals surface area contributed by atoms with Crippen molar-refractivity contribution in [1.82, 2.24) is 4.57 Å². The molecule has 0 saturated carbocycles. The van der Waals surface area contributed by atoms with E-state index < -0.39 is 18.0 Å². The van der Waals surface area contributed by atoms with E-state index >= 15 is 0 Å². The topological polar surface area (TPSA) is 115 Å². The summed E-state index contributed by atoms with van der Waals surface area (Å²) in [7, 11) is 1.27. The maximum atomic E-state index is 14.0. The average molecular weight is 595 g/mol. The van der Waals surface area contributed by atoms with E-state index in [0.29, 0.717) is 44.4 Å². The van der Waals surface area contributed by atoms with Gasteiger partial charge >= 0.3 is 11.9 Å². The lowest BCUT2D eigenvalue weighted by Crippen LogP contribution is -2.40. The van der Waals surface area contributed by atoms with Crippen LogP contribution < -0.4 is 29.1 Å². The summed E-state index contributed by atoms with van der Waals surface area (Å²) in [5.74, 6) is 0.252. The second-order valence-corrected chi connectivity index (χ2v) is 10.6. The maximum absolute atomic E-state index is 14.0. The molecular formula is C31H34N2O8S. The Kier molecular flexibility index (Phi) is 9.84. The molecule has 0 bridgehead atoms. The molecule has 0 fully saturated rings. The quantitative estimate of drug-likeness (QED) is 0.310. The van der Waals surface area contributed by atoms with Crippen LogP contribution in [0, 0.1) is 0 Å². The van der Waals surface area contributed by atoms with Gasteiger partial charge in [-0.25, -0.2) is 14.6 Å². The number of aromatic nitrogens is 1. The van der Waals surface area contributed by atoms with E-state index in [1.54, 1.807) is 38.1 Å². The molecule has 2 heterocycles. The highest BCUT2D eigenvalue weighted by molar-refractivity contribution is 7.07. The second-order valence-electron chi connectivity index (χ2n) is 9.55. The largest absolute Gasteiger partial charge is 0.491 e. The van der Waals surface area contributed by atoms with Gasteiger partial charge < -0.3 is 23.7 Å². The van der Waals surface area contributed by atoms with Crippen molar-refractivity contribution in [2.24, 2.45) is 4.99 Å². The number of carbonyl (C=O) groups excluding carboxylic acids is 2. The molecule has 1 atom stereocenters. The molecular weight excluding hydrogens is 560 g/mol. The molecule has 0 aliphatic carbocycles. The first-order valence-corrected chi connectivity index (χ1v) is 14.4. The summed E-state index contributed by atoms with van der Waals surface area (Å²) in [6.45, 7) is 9.32. The van der Waals surface area contributed by atoms with Crippen LogP contribution in [0.1, 0.15) is 51.8 Å². The van der Waals surface area contributed by atoms with Gasteiger partial charge in [0.15, 0.2) is 22.9 Å². The molecule has 1 aliphatic heterocycles. The number of thiazole rings is 1. The zero-order chi connectivity index (χ0) is 30.4. The minimum atomic E-state index is -0.841. The van der Waals surface area contributed by atoms with Crippen molar-refractivity contribution < 1.29 is 33.3 Å². The molecule has 0 amide bonds. The number of methoxy groups -OCH3 is 1. The number of hydrogen-bond acceptors (Lipinski definition) is 10. The molecule has 10 nitrogen and oxygen atoms in total. The van der Waals surface area contributed by atoms with Crippen LogP contribution in [0.4, 0.5) is 0 Å². The highest BCUT2D eigenvalue weighted by Crippen LogP contribution is 2.36. The first kappa shape index (κ1) is 30.6. The van der Waals surface area contributed by atoms with E-state index in [-0.39, 0.29) is 30.5 Å². The van der Waals surface area contributed by atoms with Crippen LogP contribution >= 0.6 is 11.3 Å². The lowest BCUT2D eigenvalue weighted by Gasteiger charge is -2.25. The van der Waals surface area contributed by atoms with Gasteiger partial charge in [-0.3, -0.25) is 9.36 Å². The smallest absolute Gasteiger partial charge is 0.343 e. The van der Waals surface area contributed by atoms with Gasteiger partial charge in [-0.15, -0.1) is 0 Å². The van der Waals surface area contributed by atoms with Crippen LogP contribution in [0.25, 0.3) is 6.08 Å². The van der Waals surface area contributed by atoms with Crippen molar-refractivity contribution in [3.63, 3.8) is 0 Å². The number of hydrogen-bond donors (Lipinski definition) is 0. The molecule has 1 aromatic heterocycles. The summed E-state index contributed by atoms with van der Waals surface area (Å²) in [6.07, 6.45) is 1.79. The minimum absolute atomic E-state index is 0.00802. The Morgan fingerprint density at radius 3 is 2.55 bits per heavy atom. The van der Waals surface area contributed by atoms with Crippen molar-refractivity contribution in [3.05, 3.63) is 84.5 Å². The molecule has 4 rings (SSSR count). The van der Waals surface area contributed by atoms with Gasteiger partial charge in [-0.2, -0.15) is 0 Å². The number of carbonyl (C=O) groups is 2. The molecule has 3 aromatic rings. The van der Waals surface area contributed by atoms with Crippen LogP contribution in [-0.2, 0) is 19.1 Å². The molecule has 222 valence electrons. The normalized spacial score (nSPS) is 14.7. The van der Waals surface area contributed by atoms with Gasteiger partial charge in [-0.05, 0) is 76.1 Å². The van der Waals surface area contributed by atoms with Gasteiger partial charge in [0.05, 0.1) is 48.3 Å². The van der Waals surface area contributed by atoms with E-state index in [9.17, 15) is 14.4 Å². The van der Waals surface area contributed by atoms with Crippen molar-refractivity contribution in [3.8, 4) is 17.2 Å². The molecule has 0 saturated heterocycles. The summed E-state index contributed by atoms with van der Waals surface area (Å²) in [4.78, 5) is 43.9. The highest BCUT2D eigenvalue weighted by Gasteiger charge is 2.34. The third-order valence-corrected chi connectivity index (χ3v) is 7.18. The number of benzene rings is 2. The van der Waals surface area contributed by atoms with Gasteiger partial charge in [0.25, 0.3) is 5.56 Å². The van der Waals surface area contributed by atoms with Crippen LogP contribution in [0.5, 0.6) is 17.2 Å². The fraction of sp³-hybridized carbons (Fsp3) is 0.355. The Morgan fingerprint density at radius 2 is 1.86 bits per heavy atom. The molecule has 1 aliphatic rings. The average Bonchev–Trinajstić information content (AvgIpc) is 3.25. The van der Waals surface area contributed by atoms with Crippen molar-refractivity contribution >= 4 is 29.4 Å². The zero-order valence-corrected chi connectivity index (χ0v) is 25.3. The lowest BCUT2D eigenvalue weighted by atomic mass is 9.95. The molecule has 0 spiro atoms. The third-order valence-electron chi connectivity index (χ3n) is 6.20. The molecule has 0 N–H and O–H groups in total. The monoisotopic (exact) mass is 594 g/mol. The van der Waals surface area contributed by atoms with Crippen molar-refractivity contribution in [1.29, 1.82) is 0 Å². The van der Waals surface area contributed by atoms with Crippen LogP contribution in [0.3, 0.4) is 0 Å². The third kappa shape index (κ3) is 6.73.